The molecule has 0 heterocycles. The Morgan fingerprint density at radius 2 is 1.83 bits per heavy atom. The van der Waals surface area contributed by atoms with Crippen LogP contribution in [0.4, 0.5) is 0 Å². The van der Waals surface area contributed by atoms with E-state index in [2.05, 4.69) is 20.8 Å². The summed E-state index contributed by atoms with van der Waals surface area (Å²) in [6.07, 6.45) is 8.87. The van der Waals surface area contributed by atoms with Crippen LogP contribution in [0.2, 0.25) is 0 Å². The van der Waals surface area contributed by atoms with Crippen molar-refractivity contribution in [1.29, 1.82) is 0 Å². The number of aliphatic hydroxyl groups excluding tert-OH is 1. The van der Waals surface area contributed by atoms with Crippen LogP contribution in [0.5, 0.6) is 0 Å². The first-order chi connectivity index (χ1) is 8.65. The minimum atomic E-state index is 0.330. The number of aliphatic hydroxyl groups is 1. The third-order valence-corrected chi connectivity index (χ3v) is 4.35. The average Bonchev–Trinajstić information content (AvgIpc) is 2.33. The molecule has 2 nitrogen and oxygen atoms in total. The van der Waals surface area contributed by atoms with Gasteiger partial charge < -0.3 is 9.84 Å². The van der Waals surface area contributed by atoms with Gasteiger partial charge in [0.1, 0.15) is 0 Å². The van der Waals surface area contributed by atoms with Gasteiger partial charge in [-0.3, -0.25) is 0 Å². The molecule has 0 aromatic rings. The van der Waals surface area contributed by atoms with E-state index >= 15 is 0 Å². The van der Waals surface area contributed by atoms with Crippen molar-refractivity contribution in [3.05, 3.63) is 0 Å². The predicted molar refractivity (Wildman–Crippen MR) is 76.6 cm³/mol. The van der Waals surface area contributed by atoms with Gasteiger partial charge in [0.25, 0.3) is 0 Å². The topological polar surface area (TPSA) is 29.5 Å². The molecule has 0 bridgehead atoms. The fourth-order valence-electron chi connectivity index (χ4n) is 3.11. The first kappa shape index (κ1) is 16.0. The normalized spacial score (nSPS) is 28.8. The van der Waals surface area contributed by atoms with Crippen LogP contribution in [0.25, 0.3) is 0 Å². The van der Waals surface area contributed by atoms with Gasteiger partial charge in [-0.25, -0.2) is 0 Å². The molecule has 0 radical (unpaired) electrons. The molecule has 0 amide bonds. The number of unbranched alkanes of at least 4 members (excludes halogenated alkanes) is 3. The van der Waals surface area contributed by atoms with Crippen molar-refractivity contribution in [1.82, 2.24) is 0 Å². The maximum atomic E-state index is 8.72. The quantitative estimate of drug-likeness (QED) is 0.665. The van der Waals surface area contributed by atoms with Crippen LogP contribution in [-0.2, 0) is 4.74 Å². The van der Waals surface area contributed by atoms with Crippen molar-refractivity contribution < 1.29 is 9.84 Å². The molecule has 18 heavy (non-hydrogen) atoms. The highest BCUT2D eigenvalue weighted by Crippen LogP contribution is 2.35. The van der Waals surface area contributed by atoms with E-state index in [-0.39, 0.29) is 0 Å². The molecule has 0 aromatic carbocycles. The summed E-state index contributed by atoms with van der Waals surface area (Å²) in [4.78, 5) is 0. The lowest BCUT2D eigenvalue weighted by Crippen LogP contribution is -2.34. The van der Waals surface area contributed by atoms with Gasteiger partial charge in [-0.1, -0.05) is 40.0 Å². The first-order valence-corrected chi connectivity index (χ1v) is 7.87. The maximum absolute atomic E-state index is 8.72. The molecule has 1 N–H and O–H groups in total. The summed E-state index contributed by atoms with van der Waals surface area (Å²) in [5.74, 6) is 2.34. The molecule has 1 saturated carbocycles. The van der Waals surface area contributed by atoms with Gasteiger partial charge >= 0.3 is 0 Å². The molecule has 1 aliphatic carbocycles. The summed E-state index contributed by atoms with van der Waals surface area (Å²) in [5, 5.41) is 8.72. The highest BCUT2D eigenvalue weighted by molar-refractivity contribution is 4.81. The first-order valence-electron chi connectivity index (χ1n) is 7.87. The summed E-state index contributed by atoms with van der Waals surface area (Å²) < 4.78 is 6.14. The Bertz CT molecular complexity index is 203. The molecule has 3 atom stereocenters. The highest BCUT2D eigenvalue weighted by Gasteiger charge is 2.31. The van der Waals surface area contributed by atoms with E-state index in [1.54, 1.807) is 0 Å². The lowest BCUT2D eigenvalue weighted by atomic mass is 9.75. The van der Waals surface area contributed by atoms with Crippen LogP contribution in [0.3, 0.4) is 0 Å². The van der Waals surface area contributed by atoms with Gasteiger partial charge in [-0.15, -0.1) is 0 Å². The van der Waals surface area contributed by atoms with E-state index in [4.69, 9.17) is 9.84 Å². The van der Waals surface area contributed by atoms with Gasteiger partial charge in [0, 0.05) is 13.2 Å². The lowest BCUT2D eigenvalue weighted by molar-refractivity contribution is -0.0394. The molecule has 0 unspecified atom stereocenters. The van der Waals surface area contributed by atoms with E-state index < -0.39 is 0 Å². The van der Waals surface area contributed by atoms with Crippen LogP contribution in [0.1, 0.15) is 65.7 Å². The minimum Gasteiger partial charge on any atom is -0.396 e. The molecular weight excluding hydrogens is 224 g/mol. The van der Waals surface area contributed by atoms with Crippen LogP contribution >= 0.6 is 0 Å². The molecule has 0 saturated heterocycles. The molecule has 1 aliphatic rings. The third-order valence-electron chi connectivity index (χ3n) is 4.35. The number of hydrogen-bond donors (Lipinski definition) is 1. The predicted octanol–water partition coefficient (Wildman–Crippen LogP) is 4.02. The standard InChI is InChI=1S/C16H32O2/c1-13(2)15-9-8-14(3)12-16(15)18-11-7-5-4-6-10-17/h13-17H,4-12H2,1-3H3/t14-,15+,16-/m1/s1. The zero-order chi connectivity index (χ0) is 13.4. The van der Waals surface area contributed by atoms with Crippen LogP contribution in [-0.4, -0.2) is 24.4 Å². The minimum absolute atomic E-state index is 0.330. The van der Waals surface area contributed by atoms with Crippen molar-refractivity contribution in [2.24, 2.45) is 17.8 Å². The Labute approximate surface area is 113 Å². The molecule has 0 aliphatic heterocycles. The molecular formula is C16H32O2. The van der Waals surface area contributed by atoms with Gasteiger partial charge in [-0.05, 0) is 43.4 Å². The van der Waals surface area contributed by atoms with Crippen molar-refractivity contribution >= 4 is 0 Å². The second-order valence-electron chi connectivity index (χ2n) is 6.37. The summed E-state index contributed by atoms with van der Waals surface area (Å²) in [5.41, 5.74) is 0. The van der Waals surface area contributed by atoms with Gasteiger partial charge in [0.15, 0.2) is 0 Å². The van der Waals surface area contributed by atoms with E-state index in [0.29, 0.717) is 12.7 Å². The zero-order valence-electron chi connectivity index (χ0n) is 12.5. The van der Waals surface area contributed by atoms with Crippen molar-refractivity contribution in [3.63, 3.8) is 0 Å². The van der Waals surface area contributed by atoms with Gasteiger partial charge in [-0.2, -0.15) is 0 Å². The summed E-state index contributed by atoms with van der Waals surface area (Å²) >= 11 is 0. The smallest absolute Gasteiger partial charge is 0.0608 e. The second-order valence-corrected chi connectivity index (χ2v) is 6.37. The largest absolute Gasteiger partial charge is 0.396 e. The number of hydrogen-bond acceptors (Lipinski definition) is 2. The fourth-order valence-corrected chi connectivity index (χ4v) is 3.11. The lowest BCUT2D eigenvalue weighted by Gasteiger charge is -2.37. The summed E-state index contributed by atoms with van der Waals surface area (Å²) in [6, 6.07) is 0. The Morgan fingerprint density at radius 3 is 2.50 bits per heavy atom. The fraction of sp³-hybridized carbons (Fsp3) is 1.00. The molecule has 2 heteroatoms. The van der Waals surface area contributed by atoms with E-state index in [9.17, 15) is 0 Å². The second kappa shape index (κ2) is 8.92. The Kier molecular flexibility index (Phi) is 7.92. The average molecular weight is 256 g/mol. The highest BCUT2D eigenvalue weighted by atomic mass is 16.5. The van der Waals surface area contributed by atoms with E-state index in [1.807, 2.05) is 0 Å². The Morgan fingerprint density at radius 1 is 1.11 bits per heavy atom. The van der Waals surface area contributed by atoms with Gasteiger partial charge in [0.05, 0.1) is 6.10 Å². The monoisotopic (exact) mass is 256 g/mol. The van der Waals surface area contributed by atoms with E-state index in [0.717, 1.165) is 43.6 Å². The maximum Gasteiger partial charge on any atom is 0.0608 e. The van der Waals surface area contributed by atoms with Crippen molar-refractivity contribution in [3.8, 4) is 0 Å². The van der Waals surface area contributed by atoms with Gasteiger partial charge in [0.2, 0.25) is 0 Å². The van der Waals surface area contributed by atoms with E-state index in [1.165, 1.54) is 25.7 Å². The SMILES string of the molecule is CC(C)[C@@H]1CC[C@@H](C)C[C@H]1OCCCCCCO. The van der Waals surface area contributed by atoms with Crippen LogP contribution < -0.4 is 0 Å². The van der Waals surface area contributed by atoms with Crippen molar-refractivity contribution in [2.45, 2.75) is 71.8 Å². The Hall–Kier alpha value is -0.0800. The molecule has 108 valence electrons. The number of ether oxygens (including phenoxy) is 1. The third kappa shape index (κ3) is 5.71. The van der Waals surface area contributed by atoms with Crippen molar-refractivity contribution in [2.75, 3.05) is 13.2 Å². The number of rotatable bonds is 8. The van der Waals surface area contributed by atoms with Crippen LogP contribution in [0.15, 0.2) is 0 Å². The molecule has 1 fully saturated rings. The molecule has 0 aromatic heterocycles. The summed E-state index contributed by atoms with van der Waals surface area (Å²) in [7, 11) is 0. The Balaban J connectivity index is 2.20. The molecule has 1 rings (SSSR count). The summed E-state index contributed by atoms with van der Waals surface area (Å²) in [6.45, 7) is 8.26. The van der Waals surface area contributed by atoms with Crippen LogP contribution in [0, 0.1) is 17.8 Å². The molecule has 0 spiro atoms. The zero-order valence-corrected chi connectivity index (χ0v) is 12.5.